The third-order valence-corrected chi connectivity index (χ3v) is 3.06. The lowest BCUT2D eigenvalue weighted by Gasteiger charge is -2.15. The van der Waals surface area contributed by atoms with Gasteiger partial charge in [-0.15, -0.1) is 0 Å². The zero-order valence-corrected chi connectivity index (χ0v) is 10.3. The summed E-state index contributed by atoms with van der Waals surface area (Å²) in [6.07, 6.45) is 5.00. The van der Waals surface area contributed by atoms with E-state index in [1.165, 1.54) is 7.11 Å². The summed E-state index contributed by atoms with van der Waals surface area (Å²) in [6.45, 7) is 0.757. The molecule has 0 amide bonds. The van der Waals surface area contributed by atoms with Crippen LogP contribution < -0.4 is 5.32 Å². The monoisotopic (exact) mass is 237 g/mol. The van der Waals surface area contributed by atoms with Crippen LogP contribution in [0.4, 0.5) is 0 Å². The van der Waals surface area contributed by atoms with Crippen LogP contribution in [-0.4, -0.2) is 35.4 Å². The van der Waals surface area contributed by atoms with Crippen LogP contribution in [0.3, 0.4) is 0 Å². The van der Waals surface area contributed by atoms with E-state index in [1.807, 2.05) is 19.3 Å². The van der Waals surface area contributed by atoms with Crippen molar-refractivity contribution in [2.24, 2.45) is 13.0 Å². The van der Waals surface area contributed by atoms with Gasteiger partial charge in [-0.3, -0.25) is 9.48 Å². The van der Waals surface area contributed by atoms with E-state index in [0.29, 0.717) is 5.92 Å². The van der Waals surface area contributed by atoms with Crippen LogP contribution in [0.15, 0.2) is 12.3 Å². The fraction of sp³-hybridized carbons (Fsp3) is 0.667. The van der Waals surface area contributed by atoms with E-state index in [9.17, 15) is 4.79 Å². The van der Waals surface area contributed by atoms with Gasteiger partial charge in [-0.25, -0.2) is 0 Å². The maximum Gasteiger partial charge on any atom is 0.323 e. The first kappa shape index (κ1) is 12.1. The van der Waals surface area contributed by atoms with E-state index in [1.54, 1.807) is 4.68 Å². The van der Waals surface area contributed by atoms with E-state index < -0.39 is 0 Å². The number of methoxy groups -OCH3 is 1. The maximum atomic E-state index is 11.5. The molecule has 5 nitrogen and oxygen atoms in total. The third kappa shape index (κ3) is 3.30. The summed E-state index contributed by atoms with van der Waals surface area (Å²) < 4.78 is 6.59. The lowest BCUT2D eigenvalue weighted by molar-refractivity contribution is -0.143. The number of hydrogen-bond donors (Lipinski definition) is 1. The number of aromatic nitrogens is 2. The van der Waals surface area contributed by atoms with E-state index >= 15 is 0 Å². The highest BCUT2D eigenvalue weighted by Gasteiger charge is 2.36. The highest BCUT2D eigenvalue weighted by molar-refractivity contribution is 5.76. The summed E-state index contributed by atoms with van der Waals surface area (Å²) in [4.78, 5) is 11.5. The lowest BCUT2D eigenvalue weighted by Crippen LogP contribution is -2.40. The summed E-state index contributed by atoms with van der Waals surface area (Å²) in [5.74, 6) is 0.319. The van der Waals surface area contributed by atoms with Crippen LogP contribution in [0.25, 0.3) is 0 Å². The predicted molar refractivity (Wildman–Crippen MR) is 63.4 cm³/mol. The summed E-state index contributed by atoms with van der Waals surface area (Å²) in [5, 5.41) is 7.56. The standard InChI is InChI=1S/C12H19N3O2/c1-15-8-6-10(14-15)5-7-13-11(9-3-4-9)12(16)17-2/h6,8-9,11,13H,3-5,7H2,1-2H3. The molecule has 1 heterocycles. The predicted octanol–water partition coefficient (Wildman–Crippen LogP) is 0.504. The van der Waals surface area contributed by atoms with Crippen molar-refractivity contribution in [1.29, 1.82) is 0 Å². The van der Waals surface area contributed by atoms with Gasteiger partial charge in [0, 0.05) is 26.2 Å². The largest absolute Gasteiger partial charge is 0.468 e. The summed E-state index contributed by atoms with van der Waals surface area (Å²) in [6, 6.07) is 1.86. The van der Waals surface area contributed by atoms with Crippen LogP contribution in [0.2, 0.25) is 0 Å². The van der Waals surface area contributed by atoms with Gasteiger partial charge in [-0.05, 0) is 24.8 Å². The van der Waals surface area contributed by atoms with Gasteiger partial charge in [0.15, 0.2) is 0 Å². The van der Waals surface area contributed by atoms with Gasteiger partial charge in [0.05, 0.1) is 12.8 Å². The van der Waals surface area contributed by atoms with Crippen molar-refractivity contribution in [2.75, 3.05) is 13.7 Å². The lowest BCUT2D eigenvalue weighted by atomic mass is 10.2. The van der Waals surface area contributed by atoms with E-state index in [-0.39, 0.29) is 12.0 Å². The second-order valence-corrected chi connectivity index (χ2v) is 4.52. The number of ether oxygens (including phenoxy) is 1. The maximum absolute atomic E-state index is 11.5. The second kappa shape index (κ2) is 5.31. The smallest absolute Gasteiger partial charge is 0.323 e. The molecule has 0 radical (unpaired) electrons. The van der Waals surface area contributed by atoms with Crippen LogP contribution in [0.5, 0.6) is 0 Å². The molecule has 17 heavy (non-hydrogen) atoms. The van der Waals surface area contributed by atoms with Crippen molar-refractivity contribution >= 4 is 5.97 Å². The average Bonchev–Trinajstić information content (AvgIpc) is 3.07. The molecule has 0 bridgehead atoms. The molecule has 1 aromatic rings. The Kier molecular flexibility index (Phi) is 3.78. The Morgan fingerprint density at radius 2 is 2.47 bits per heavy atom. The van der Waals surface area contributed by atoms with Gasteiger partial charge in [0.1, 0.15) is 6.04 Å². The van der Waals surface area contributed by atoms with Gasteiger partial charge < -0.3 is 10.1 Å². The molecule has 1 saturated carbocycles. The topological polar surface area (TPSA) is 56.1 Å². The SMILES string of the molecule is COC(=O)C(NCCc1ccn(C)n1)C1CC1. The number of hydrogen-bond acceptors (Lipinski definition) is 4. The van der Waals surface area contributed by atoms with Crippen molar-refractivity contribution < 1.29 is 9.53 Å². The molecule has 0 saturated heterocycles. The Balaban J connectivity index is 1.77. The van der Waals surface area contributed by atoms with Crippen molar-refractivity contribution in [3.8, 4) is 0 Å². The minimum atomic E-state index is -0.145. The van der Waals surface area contributed by atoms with Crippen LogP contribution in [0, 0.1) is 5.92 Å². The highest BCUT2D eigenvalue weighted by Crippen LogP contribution is 2.33. The summed E-state index contributed by atoms with van der Waals surface area (Å²) >= 11 is 0. The number of nitrogens with zero attached hydrogens (tertiary/aromatic N) is 2. The van der Waals surface area contributed by atoms with Crippen LogP contribution >= 0.6 is 0 Å². The molecule has 0 aliphatic heterocycles. The molecule has 1 unspecified atom stereocenters. The van der Waals surface area contributed by atoms with Gasteiger partial charge >= 0.3 is 5.97 Å². The molecule has 0 spiro atoms. The second-order valence-electron chi connectivity index (χ2n) is 4.52. The minimum absolute atomic E-state index is 0.135. The normalized spacial score (nSPS) is 16.8. The zero-order chi connectivity index (χ0) is 12.3. The van der Waals surface area contributed by atoms with E-state index in [4.69, 9.17) is 4.74 Å². The number of carbonyl (C=O) groups is 1. The molecule has 1 aliphatic carbocycles. The number of rotatable bonds is 6. The molecular formula is C12H19N3O2. The fourth-order valence-corrected chi connectivity index (χ4v) is 1.95. The summed E-state index contributed by atoms with van der Waals surface area (Å²) in [7, 11) is 3.34. The Bertz CT molecular complexity index is 385. The number of esters is 1. The van der Waals surface area contributed by atoms with Crippen molar-refractivity contribution in [2.45, 2.75) is 25.3 Å². The molecule has 5 heteroatoms. The zero-order valence-electron chi connectivity index (χ0n) is 10.3. The van der Waals surface area contributed by atoms with Crippen LogP contribution in [-0.2, 0) is 23.0 Å². The Hall–Kier alpha value is -1.36. The Morgan fingerprint density at radius 1 is 1.71 bits per heavy atom. The van der Waals surface area contributed by atoms with E-state index in [0.717, 1.165) is 31.5 Å². The Labute approximate surface area is 101 Å². The fourth-order valence-electron chi connectivity index (χ4n) is 1.95. The van der Waals surface area contributed by atoms with Gasteiger partial charge in [-0.2, -0.15) is 5.10 Å². The molecule has 1 aromatic heterocycles. The first-order valence-electron chi connectivity index (χ1n) is 6.00. The molecular weight excluding hydrogens is 218 g/mol. The Morgan fingerprint density at radius 3 is 3.00 bits per heavy atom. The number of aryl methyl sites for hydroxylation is 1. The quantitative estimate of drug-likeness (QED) is 0.732. The third-order valence-electron chi connectivity index (χ3n) is 3.06. The molecule has 94 valence electrons. The van der Waals surface area contributed by atoms with Gasteiger partial charge in [0.25, 0.3) is 0 Å². The van der Waals surface area contributed by atoms with Crippen molar-refractivity contribution in [1.82, 2.24) is 15.1 Å². The van der Waals surface area contributed by atoms with Crippen molar-refractivity contribution in [3.05, 3.63) is 18.0 Å². The van der Waals surface area contributed by atoms with Gasteiger partial charge in [0.2, 0.25) is 0 Å². The first-order chi connectivity index (χ1) is 8.20. The molecule has 1 N–H and O–H groups in total. The average molecular weight is 237 g/mol. The molecule has 1 aliphatic rings. The minimum Gasteiger partial charge on any atom is -0.468 e. The van der Waals surface area contributed by atoms with Gasteiger partial charge in [-0.1, -0.05) is 0 Å². The summed E-state index contributed by atoms with van der Waals surface area (Å²) in [5.41, 5.74) is 1.04. The van der Waals surface area contributed by atoms with E-state index in [2.05, 4.69) is 10.4 Å². The highest BCUT2D eigenvalue weighted by atomic mass is 16.5. The molecule has 2 rings (SSSR count). The molecule has 1 atom stereocenters. The van der Waals surface area contributed by atoms with Crippen LogP contribution in [0.1, 0.15) is 18.5 Å². The molecule has 1 fully saturated rings. The first-order valence-corrected chi connectivity index (χ1v) is 6.00. The van der Waals surface area contributed by atoms with Crippen molar-refractivity contribution in [3.63, 3.8) is 0 Å². The molecule has 0 aromatic carbocycles. The number of carbonyl (C=O) groups excluding carboxylic acids is 1. The number of nitrogens with one attached hydrogen (secondary N) is 1.